The third-order valence-electron chi connectivity index (χ3n) is 2.79. The van der Waals surface area contributed by atoms with Gasteiger partial charge < -0.3 is 0 Å². The molecule has 1 unspecified atom stereocenters. The molecular formula is C14H11BrFNO. The molecule has 0 amide bonds. The summed E-state index contributed by atoms with van der Waals surface area (Å²) in [5.41, 5.74) is 1.23. The first-order valence-electron chi connectivity index (χ1n) is 5.49. The van der Waals surface area contributed by atoms with Crippen LogP contribution in [0, 0.1) is 5.82 Å². The number of Topliss-reactive ketones (excluding diaryl/α,β-unsaturated/α-hetero) is 1. The second-order valence-electron chi connectivity index (χ2n) is 3.99. The number of hydrogen-bond donors (Lipinski definition) is 0. The Morgan fingerprint density at radius 3 is 2.61 bits per heavy atom. The molecule has 1 atom stereocenters. The van der Waals surface area contributed by atoms with Crippen LogP contribution in [-0.4, -0.2) is 10.8 Å². The van der Waals surface area contributed by atoms with E-state index in [4.69, 9.17) is 0 Å². The Bertz CT molecular complexity index is 571. The van der Waals surface area contributed by atoms with Crippen LogP contribution in [0.5, 0.6) is 0 Å². The minimum absolute atomic E-state index is 0.118. The van der Waals surface area contributed by atoms with E-state index in [9.17, 15) is 9.18 Å². The zero-order valence-corrected chi connectivity index (χ0v) is 11.3. The summed E-state index contributed by atoms with van der Waals surface area (Å²) in [7, 11) is 0. The summed E-state index contributed by atoms with van der Waals surface area (Å²) >= 11 is 3.27. The van der Waals surface area contributed by atoms with Crippen LogP contribution in [0.2, 0.25) is 0 Å². The van der Waals surface area contributed by atoms with Crippen molar-refractivity contribution in [2.45, 2.75) is 12.8 Å². The van der Waals surface area contributed by atoms with Gasteiger partial charge in [-0.2, -0.15) is 0 Å². The van der Waals surface area contributed by atoms with Crippen LogP contribution in [0.15, 0.2) is 47.2 Å². The van der Waals surface area contributed by atoms with Crippen LogP contribution in [0.4, 0.5) is 4.39 Å². The van der Waals surface area contributed by atoms with Gasteiger partial charge in [0.05, 0.1) is 0 Å². The van der Waals surface area contributed by atoms with Crippen molar-refractivity contribution < 1.29 is 9.18 Å². The Kier molecular flexibility index (Phi) is 3.87. The lowest BCUT2D eigenvalue weighted by Crippen LogP contribution is -2.10. The summed E-state index contributed by atoms with van der Waals surface area (Å²) in [4.78, 5) is 16.2. The number of ketones is 1. The highest BCUT2D eigenvalue weighted by molar-refractivity contribution is 9.10. The fourth-order valence-electron chi connectivity index (χ4n) is 1.72. The van der Waals surface area contributed by atoms with Crippen LogP contribution in [0.25, 0.3) is 0 Å². The predicted octanol–water partition coefficient (Wildman–Crippen LogP) is 3.97. The highest BCUT2D eigenvalue weighted by atomic mass is 79.9. The number of pyridine rings is 1. The van der Waals surface area contributed by atoms with Gasteiger partial charge in [-0.25, -0.2) is 4.39 Å². The van der Waals surface area contributed by atoms with Gasteiger partial charge in [-0.3, -0.25) is 9.78 Å². The Morgan fingerprint density at radius 1 is 1.28 bits per heavy atom. The zero-order valence-electron chi connectivity index (χ0n) is 9.73. The number of hydrogen-bond acceptors (Lipinski definition) is 2. The first-order valence-corrected chi connectivity index (χ1v) is 6.28. The average molecular weight is 308 g/mol. The zero-order chi connectivity index (χ0) is 13.1. The van der Waals surface area contributed by atoms with Gasteiger partial charge in [0.25, 0.3) is 0 Å². The molecule has 0 aliphatic carbocycles. The van der Waals surface area contributed by atoms with Crippen molar-refractivity contribution in [3.05, 3.63) is 64.1 Å². The Hall–Kier alpha value is -1.55. The normalized spacial score (nSPS) is 12.2. The molecule has 4 heteroatoms. The van der Waals surface area contributed by atoms with Crippen molar-refractivity contribution in [3.63, 3.8) is 0 Å². The molecule has 0 aliphatic heterocycles. The number of carbonyl (C=O) groups is 1. The van der Waals surface area contributed by atoms with E-state index in [2.05, 4.69) is 20.9 Å². The summed E-state index contributed by atoms with van der Waals surface area (Å²) in [5, 5.41) is 0. The van der Waals surface area contributed by atoms with Gasteiger partial charge >= 0.3 is 0 Å². The van der Waals surface area contributed by atoms with E-state index in [0.29, 0.717) is 10.0 Å². The molecule has 0 bridgehead atoms. The molecule has 0 radical (unpaired) electrons. The number of rotatable bonds is 3. The molecule has 18 heavy (non-hydrogen) atoms. The van der Waals surface area contributed by atoms with Crippen LogP contribution < -0.4 is 0 Å². The second kappa shape index (κ2) is 5.40. The van der Waals surface area contributed by atoms with Crippen molar-refractivity contribution in [1.29, 1.82) is 0 Å². The molecule has 0 saturated heterocycles. The fraction of sp³-hybridized carbons (Fsp3) is 0.143. The molecular weight excluding hydrogens is 297 g/mol. The number of nitrogens with zero attached hydrogens (tertiary/aromatic N) is 1. The van der Waals surface area contributed by atoms with Gasteiger partial charge in [-0.15, -0.1) is 0 Å². The van der Waals surface area contributed by atoms with E-state index >= 15 is 0 Å². The maximum absolute atomic E-state index is 13.2. The third kappa shape index (κ3) is 2.64. The molecule has 0 aliphatic rings. The van der Waals surface area contributed by atoms with Crippen molar-refractivity contribution in [1.82, 2.24) is 4.98 Å². The van der Waals surface area contributed by atoms with Gasteiger partial charge in [0.15, 0.2) is 5.78 Å². The smallest absolute Gasteiger partial charge is 0.171 e. The fourth-order valence-corrected chi connectivity index (χ4v) is 2.17. The lowest BCUT2D eigenvalue weighted by molar-refractivity contribution is 0.0965. The van der Waals surface area contributed by atoms with E-state index in [1.165, 1.54) is 12.1 Å². The van der Waals surface area contributed by atoms with Crippen LogP contribution in [0.1, 0.15) is 28.8 Å². The summed E-state index contributed by atoms with van der Waals surface area (Å²) in [6, 6.07) is 7.69. The average Bonchev–Trinajstić information content (AvgIpc) is 2.41. The molecule has 1 aromatic carbocycles. The third-order valence-corrected chi connectivity index (χ3v) is 3.48. The Balaban J connectivity index is 2.34. The van der Waals surface area contributed by atoms with Gasteiger partial charge in [0.1, 0.15) is 5.82 Å². The molecule has 2 aromatic rings. The van der Waals surface area contributed by atoms with Gasteiger partial charge in [0.2, 0.25) is 0 Å². The van der Waals surface area contributed by atoms with Gasteiger partial charge in [-0.1, -0.05) is 22.9 Å². The summed E-state index contributed by atoms with van der Waals surface area (Å²) < 4.78 is 13.8. The summed E-state index contributed by atoms with van der Waals surface area (Å²) in [6.07, 6.45) is 3.28. The molecule has 92 valence electrons. The molecule has 0 fully saturated rings. The van der Waals surface area contributed by atoms with Crippen molar-refractivity contribution in [3.8, 4) is 0 Å². The van der Waals surface area contributed by atoms with Crippen molar-refractivity contribution in [2.75, 3.05) is 0 Å². The summed E-state index contributed by atoms with van der Waals surface area (Å²) in [5.74, 6) is -0.859. The van der Waals surface area contributed by atoms with Crippen LogP contribution in [-0.2, 0) is 0 Å². The van der Waals surface area contributed by atoms with Gasteiger partial charge in [0, 0.05) is 28.3 Å². The predicted molar refractivity (Wildman–Crippen MR) is 71.1 cm³/mol. The van der Waals surface area contributed by atoms with Gasteiger partial charge in [-0.05, 0) is 35.9 Å². The van der Waals surface area contributed by atoms with Crippen molar-refractivity contribution >= 4 is 21.7 Å². The standard InChI is InChI=1S/C14H11BrFNO/c1-9(10-4-6-17-7-5-10)14(18)12-8-11(16)2-3-13(12)15/h2-9H,1H3. The van der Waals surface area contributed by atoms with E-state index in [1.807, 2.05) is 0 Å². The van der Waals surface area contributed by atoms with Crippen LogP contribution in [0.3, 0.4) is 0 Å². The number of aromatic nitrogens is 1. The maximum Gasteiger partial charge on any atom is 0.171 e. The highest BCUT2D eigenvalue weighted by Gasteiger charge is 2.19. The topological polar surface area (TPSA) is 30.0 Å². The first-order chi connectivity index (χ1) is 8.59. The van der Waals surface area contributed by atoms with E-state index < -0.39 is 5.82 Å². The first kappa shape index (κ1) is 12.9. The van der Waals surface area contributed by atoms with E-state index in [-0.39, 0.29) is 11.7 Å². The SMILES string of the molecule is CC(C(=O)c1cc(F)ccc1Br)c1ccncc1. The molecule has 0 N–H and O–H groups in total. The number of halogens is 2. The minimum Gasteiger partial charge on any atom is -0.293 e. The minimum atomic E-state index is -0.413. The maximum atomic E-state index is 13.2. The molecule has 2 rings (SSSR count). The lowest BCUT2D eigenvalue weighted by Gasteiger charge is -2.11. The molecule has 1 heterocycles. The van der Waals surface area contributed by atoms with Crippen molar-refractivity contribution in [2.24, 2.45) is 0 Å². The quantitative estimate of drug-likeness (QED) is 0.803. The molecule has 2 nitrogen and oxygen atoms in total. The lowest BCUT2D eigenvalue weighted by atomic mass is 9.93. The Morgan fingerprint density at radius 2 is 1.94 bits per heavy atom. The van der Waals surface area contributed by atoms with E-state index in [1.54, 1.807) is 37.5 Å². The van der Waals surface area contributed by atoms with E-state index in [0.717, 1.165) is 5.56 Å². The molecule has 0 saturated carbocycles. The molecule has 0 spiro atoms. The monoisotopic (exact) mass is 307 g/mol. The summed E-state index contributed by atoms with van der Waals surface area (Å²) in [6.45, 7) is 1.80. The Labute approximate surface area is 113 Å². The number of benzene rings is 1. The second-order valence-corrected chi connectivity index (χ2v) is 4.84. The largest absolute Gasteiger partial charge is 0.293 e. The molecule has 1 aromatic heterocycles. The number of carbonyl (C=O) groups excluding carboxylic acids is 1. The highest BCUT2D eigenvalue weighted by Crippen LogP contribution is 2.25. The van der Waals surface area contributed by atoms with Crippen LogP contribution >= 0.6 is 15.9 Å².